The minimum atomic E-state index is -4.73. The molecule has 2 N–H and O–H groups in total. The monoisotopic (exact) mass is 510 g/mol. The van der Waals surface area contributed by atoms with Crippen molar-refractivity contribution in [2.75, 3.05) is 0 Å². The van der Waals surface area contributed by atoms with Crippen molar-refractivity contribution in [2.24, 2.45) is 5.14 Å². The highest BCUT2D eigenvalue weighted by molar-refractivity contribution is 7.89. The van der Waals surface area contributed by atoms with Gasteiger partial charge in [-0.2, -0.15) is 18.3 Å². The quantitative estimate of drug-likeness (QED) is 0.393. The average molecular weight is 511 g/mol. The molecule has 0 aliphatic rings. The molecule has 0 saturated carbocycles. The van der Waals surface area contributed by atoms with Crippen molar-refractivity contribution >= 4 is 38.9 Å². The van der Waals surface area contributed by atoms with Crippen LogP contribution in [0, 0.1) is 11.8 Å². The zero-order chi connectivity index (χ0) is 24.0. The van der Waals surface area contributed by atoms with E-state index < -0.39 is 21.9 Å². The van der Waals surface area contributed by atoms with Gasteiger partial charge in [0.15, 0.2) is 11.3 Å². The van der Waals surface area contributed by atoms with Crippen LogP contribution in [-0.4, -0.2) is 23.0 Å². The van der Waals surface area contributed by atoms with Gasteiger partial charge in [0.2, 0.25) is 10.0 Å². The molecule has 0 unspecified atom stereocenters. The predicted octanol–water partition coefficient (Wildman–Crippen LogP) is 4.77. The smallest absolute Gasteiger partial charge is 0.227 e. The van der Waals surface area contributed by atoms with Gasteiger partial charge in [-0.3, -0.25) is 0 Å². The van der Waals surface area contributed by atoms with Crippen LogP contribution in [0.15, 0.2) is 59.6 Å². The first-order valence-electron chi connectivity index (χ1n) is 9.00. The molecule has 0 aliphatic heterocycles. The summed E-state index contributed by atoms with van der Waals surface area (Å²) in [6, 6.07) is 10.7. The second-order valence-electron chi connectivity index (χ2n) is 6.77. The first-order chi connectivity index (χ1) is 15.4. The second-order valence-corrected chi connectivity index (χ2v) is 9.15. The standard InChI is InChI=1S/C21H11Cl2F3N4O2S/c22-16-7-6-13(9-17(16)23)18-10-19(21(24,25)26)30-20(29-18)14(11-28-30)5-4-12-2-1-3-15(8-12)33(27,31)32/h1-3,6-11H,(H2,27,31,32). The third kappa shape index (κ3) is 4.82. The van der Waals surface area contributed by atoms with Gasteiger partial charge in [-0.1, -0.05) is 47.2 Å². The fraction of sp³-hybridized carbons (Fsp3) is 0.0476. The van der Waals surface area contributed by atoms with E-state index in [1.165, 1.54) is 42.5 Å². The first kappa shape index (κ1) is 23.1. The maximum Gasteiger partial charge on any atom is 0.433 e. The van der Waals surface area contributed by atoms with Gasteiger partial charge in [-0.15, -0.1) is 0 Å². The molecule has 2 heterocycles. The van der Waals surface area contributed by atoms with Crippen LogP contribution in [0.1, 0.15) is 16.8 Å². The lowest BCUT2D eigenvalue weighted by Gasteiger charge is -2.11. The highest BCUT2D eigenvalue weighted by atomic mass is 35.5. The van der Waals surface area contributed by atoms with Gasteiger partial charge in [-0.05, 0) is 36.4 Å². The Morgan fingerprint density at radius 2 is 1.76 bits per heavy atom. The van der Waals surface area contributed by atoms with Gasteiger partial charge in [0.05, 0.1) is 32.4 Å². The van der Waals surface area contributed by atoms with E-state index in [0.717, 1.165) is 12.3 Å². The van der Waals surface area contributed by atoms with Gasteiger partial charge in [0.1, 0.15) is 0 Å². The molecular weight excluding hydrogens is 500 g/mol. The Hall–Kier alpha value is -3.10. The molecule has 0 saturated heterocycles. The van der Waals surface area contributed by atoms with Crippen LogP contribution in [-0.2, 0) is 16.2 Å². The Morgan fingerprint density at radius 1 is 1.00 bits per heavy atom. The van der Waals surface area contributed by atoms with Crippen LogP contribution in [0.3, 0.4) is 0 Å². The lowest BCUT2D eigenvalue weighted by atomic mass is 10.1. The Morgan fingerprint density at radius 3 is 2.42 bits per heavy atom. The number of nitrogens with zero attached hydrogens (tertiary/aromatic N) is 3. The van der Waals surface area contributed by atoms with Gasteiger partial charge >= 0.3 is 6.18 Å². The second kappa shape index (κ2) is 8.35. The largest absolute Gasteiger partial charge is 0.433 e. The molecule has 33 heavy (non-hydrogen) atoms. The van der Waals surface area contributed by atoms with Crippen molar-refractivity contribution < 1.29 is 21.6 Å². The summed E-state index contributed by atoms with van der Waals surface area (Å²) in [5, 5.41) is 9.31. The number of nitrogens with two attached hydrogens (primary N) is 1. The van der Waals surface area contributed by atoms with Crippen LogP contribution >= 0.6 is 23.2 Å². The minimum absolute atomic E-state index is 0.00633. The van der Waals surface area contributed by atoms with Crippen LogP contribution in [0.2, 0.25) is 10.0 Å². The van der Waals surface area contributed by atoms with E-state index in [1.54, 1.807) is 0 Å². The van der Waals surface area contributed by atoms with Gasteiger partial charge in [0.25, 0.3) is 0 Å². The maximum atomic E-state index is 13.7. The number of aromatic nitrogens is 3. The van der Waals surface area contributed by atoms with Crippen molar-refractivity contribution in [3.05, 3.63) is 81.6 Å². The summed E-state index contributed by atoms with van der Waals surface area (Å²) in [6.07, 6.45) is -3.58. The van der Waals surface area contributed by atoms with Crippen molar-refractivity contribution in [2.45, 2.75) is 11.1 Å². The van der Waals surface area contributed by atoms with Crippen LogP contribution in [0.5, 0.6) is 0 Å². The summed E-state index contributed by atoms with van der Waals surface area (Å²) in [5.41, 5.74) is -0.494. The molecule has 0 radical (unpaired) electrons. The summed E-state index contributed by atoms with van der Waals surface area (Å²) in [7, 11) is -3.94. The molecule has 0 fully saturated rings. The minimum Gasteiger partial charge on any atom is -0.227 e. The van der Waals surface area contributed by atoms with Crippen LogP contribution in [0.25, 0.3) is 16.9 Å². The Balaban J connectivity index is 1.88. The number of fused-ring (bicyclic) bond motifs is 1. The van der Waals surface area contributed by atoms with Crippen LogP contribution in [0.4, 0.5) is 13.2 Å². The topological polar surface area (TPSA) is 90.4 Å². The van der Waals surface area contributed by atoms with Crippen LogP contribution < -0.4 is 5.14 Å². The number of primary sulfonamides is 1. The third-order valence-corrected chi connectivity index (χ3v) is 6.13. The molecule has 12 heteroatoms. The zero-order valence-electron chi connectivity index (χ0n) is 16.2. The SMILES string of the molecule is NS(=O)(=O)c1cccc(C#Cc2cnn3c(C(F)(F)F)cc(-c4ccc(Cl)c(Cl)c4)nc23)c1. The number of halogens is 5. The van der Waals surface area contributed by atoms with E-state index in [1.807, 2.05) is 0 Å². The Kier molecular flexibility index (Phi) is 5.84. The van der Waals surface area contributed by atoms with E-state index in [-0.39, 0.29) is 37.4 Å². The fourth-order valence-corrected chi connectivity index (χ4v) is 3.80. The highest BCUT2D eigenvalue weighted by Crippen LogP contribution is 2.34. The fourth-order valence-electron chi connectivity index (χ4n) is 2.95. The average Bonchev–Trinajstić information content (AvgIpc) is 3.15. The molecule has 2 aromatic heterocycles. The number of benzene rings is 2. The Bertz CT molecular complexity index is 1570. The first-order valence-corrected chi connectivity index (χ1v) is 11.3. The van der Waals surface area contributed by atoms with Crippen molar-refractivity contribution in [3.8, 4) is 23.1 Å². The molecule has 0 atom stereocenters. The third-order valence-electron chi connectivity index (χ3n) is 4.48. The summed E-state index contributed by atoms with van der Waals surface area (Å²) < 4.78 is 64.9. The maximum absolute atomic E-state index is 13.7. The van der Waals surface area contributed by atoms with E-state index >= 15 is 0 Å². The summed E-state index contributed by atoms with van der Waals surface area (Å²) in [5.74, 6) is 5.40. The Labute approximate surface area is 195 Å². The molecule has 4 rings (SSSR count). The molecule has 0 bridgehead atoms. The number of hydrogen-bond donors (Lipinski definition) is 1. The number of alkyl halides is 3. The predicted molar refractivity (Wildman–Crippen MR) is 117 cm³/mol. The lowest BCUT2D eigenvalue weighted by Crippen LogP contribution is -2.13. The van der Waals surface area contributed by atoms with Crippen molar-refractivity contribution in [3.63, 3.8) is 0 Å². The molecule has 2 aromatic carbocycles. The molecule has 4 aromatic rings. The summed E-state index contributed by atoms with van der Waals surface area (Å²) in [6.45, 7) is 0. The number of hydrogen-bond acceptors (Lipinski definition) is 4. The number of sulfonamides is 1. The molecule has 0 spiro atoms. The summed E-state index contributed by atoms with van der Waals surface area (Å²) in [4.78, 5) is 4.15. The van der Waals surface area contributed by atoms with E-state index in [9.17, 15) is 21.6 Å². The molecular formula is C21H11Cl2F3N4O2S. The lowest BCUT2D eigenvalue weighted by molar-refractivity contribution is -0.142. The van der Waals surface area contributed by atoms with Gasteiger partial charge in [0, 0.05) is 11.1 Å². The van der Waals surface area contributed by atoms with E-state index in [2.05, 4.69) is 21.9 Å². The normalized spacial score (nSPS) is 11.9. The molecule has 0 aliphatic carbocycles. The summed E-state index contributed by atoms with van der Waals surface area (Å²) >= 11 is 11.9. The molecule has 168 valence electrons. The van der Waals surface area contributed by atoms with Crippen molar-refractivity contribution in [1.82, 2.24) is 14.6 Å². The van der Waals surface area contributed by atoms with E-state index in [4.69, 9.17) is 28.3 Å². The molecule has 6 nitrogen and oxygen atoms in total. The van der Waals surface area contributed by atoms with Gasteiger partial charge in [-0.25, -0.2) is 23.1 Å². The van der Waals surface area contributed by atoms with Gasteiger partial charge < -0.3 is 0 Å². The van der Waals surface area contributed by atoms with Crippen molar-refractivity contribution in [1.29, 1.82) is 0 Å². The van der Waals surface area contributed by atoms with E-state index in [0.29, 0.717) is 10.1 Å². The molecule has 0 amide bonds. The highest BCUT2D eigenvalue weighted by Gasteiger charge is 2.35. The zero-order valence-corrected chi connectivity index (χ0v) is 18.6. The number of rotatable bonds is 2.